The molecule has 2 aromatic carbocycles. The molecule has 19 heavy (non-hydrogen) atoms. The van der Waals surface area contributed by atoms with Crippen LogP contribution in [0.2, 0.25) is 5.02 Å². The van der Waals surface area contributed by atoms with Crippen molar-refractivity contribution in [2.45, 2.75) is 6.54 Å². The Labute approximate surface area is 115 Å². The van der Waals surface area contributed by atoms with Gasteiger partial charge in [-0.2, -0.15) is 0 Å². The molecule has 0 saturated heterocycles. The molecule has 0 aliphatic heterocycles. The molecule has 100 valence electrons. The highest BCUT2D eigenvalue weighted by Gasteiger charge is 2.07. The molecule has 0 bridgehead atoms. The number of rotatable bonds is 4. The zero-order chi connectivity index (χ0) is 13.8. The molecule has 2 nitrogen and oxygen atoms in total. The molecule has 0 aliphatic rings. The molecule has 0 heterocycles. The molecular weight excluding hydrogens is 272 g/mol. The van der Waals surface area contributed by atoms with Gasteiger partial charge < -0.3 is 10.1 Å². The number of anilines is 1. The summed E-state index contributed by atoms with van der Waals surface area (Å²) in [6, 6.07) is 8.55. The maximum Gasteiger partial charge on any atom is 0.149 e. The van der Waals surface area contributed by atoms with Crippen LogP contribution in [0.4, 0.5) is 14.5 Å². The number of methoxy groups -OCH3 is 1. The highest BCUT2D eigenvalue weighted by Crippen LogP contribution is 2.24. The summed E-state index contributed by atoms with van der Waals surface area (Å²) >= 11 is 5.90. The van der Waals surface area contributed by atoms with Crippen LogP contribution in [-0.2, 0) is 6.54 Å². The van der Waals surface area contributed by atoms with Crippen LogP contribution in [0, 0.1) is 11.6 Å². The zero-order valence-corrected chi connectivity index (χ0v) is 11.0. The molecule has 2 aromatic rings. The van der Waals surface area contributed by atoms with Crippen molar-refractivity contribution in [1.29, 1.82) is 0 Å². The van der Waals surface area contributed by atoms with Gasteiger partial charge in [-0.3, -0.25) is 0 Å². The van der Waals surface area contributed by atoms with Crippen molar-refractivity contribution >= 4 is 17.3 Å². The average Bonchev–Trinajstić information content (AvgIpc) is 2.38. The third kappa shape index (κ3) is 3.35. The van der Waals surface area contributed by atoms with Crippen LogP contribution in [-0.4, -0.2) is 7.11 Å². The van der Waals surface area contributed by atoms with Crippen molar-refractivity contribution in [2.75, 3.05) is 12.4 Å². The second kappa shape index (κ2) is 5.89. The first-order valence-corrected chi connectivity index (χ1v) is 5.99. The van der Waals surface area contributed by atoms with E-state index in [1.807, 2.05) is 0 Å². The molecule has 2 rings (SSSR count). The zero-order valence-electron chi connectivity index (χ0n) is 10.2. The summed E-state index contributed by atoms with van der Waals surface area (Å²) in [6.07, 6.45) is 0. The van der Waals surface area contributed by atoms with Crippen molar-refractivity contribution in [1.82, 2.24) is 0 Å². The van der Waals surface area contributed by atoms with Gasteiger partial charge in [-0.1, -0.05) is 11.6 Å². The first kappa shape index (κ1) is 13.6. The smallest absolute Gasteiger partial charge is 0.149 e. The first-order chi connectivity index (χ1) is 9.10. The van der Waals surface area contributed by atoms with E-state index in [1.54, 1.807) is 25.3 Å². The Balaban J connectivity index is 2.16. The predicted octanol–water partition coefficient (Wildman–Crippen LogP) is 4.24. The molecule has 0 spiro atoms. The molecule has 0 radical (unpaired) electrons. The molecule has 0 atom stereocenters. The van der Waals surface area contributed by atoms with E-state index in [0.717, 1.165) is 11.6 Å². The average molecular weight is 284 g/mol. The van der Waals surface area contributed by atoms with Crippen LogP contribution in [0.3, 0.4) is 0 Å². The van der Waals surface area contributed by atoms with Crippen LogP contribution in [0.5, 0.6) is 5.75 Å². The second-order valence-electron chi connectivity index (χ2n) is 3.93. The number of halogens is 3. The van der Waals surface area contributed by atoms with E-state index in [0.29, 0.717) is 17.3 Å². The van der Waals surface area contributed by atoms with E-state index in [4.69, 9.17) is 16.3 Å². The largest absolute Gasteiger partial charge is 0.496 e. The number of nitrogens with one attached hydrogen (secondary N) is 1. The summed E-state index contributed by atoms with van der Waals surface area (Å²) in [5.41, 5.74) is 1.02. The fraction of sp³-hybridized carbons (Fsp3) is 0.143. The fourth-order valence-electron chi connectivity index (χ4n) is 1.71. The summed E-state index contributed by atoms with van der Waals surface area (Å²) in [7, 11) is 1.55. The van der Waals surface area contributed by atoms with Crippen LogP contribution < -0.4 is 10.1 Å². The van der Waals surface area contributed by atoms with Gasteiger partial charge in [0.1, 0.15) is 17.4 Å². The molecule has 0 aromatic heterocycles. The summed E-state index contributed by atoms with van der Waals surface area (Å²) < 4.78 is 31.4. The number of ether oxygens (including phenoxy) is 1. The van der Waals surface area contributed by atoms with E-state index >= 15 is 0 Å². The van der Waals surface area contributed by atoms with Gasteiger partial charge in [0.15, 0.2) is 0 Å². The van der Waals surface area contributed by atoms with Gasteiger partial charge in [0.05, 0.1) is 12.8 Å². The minimum atomic E-state index is -0.638. The topological polar surface area (TPSA) is 21.3 Å². The van der Waals surface area contributed by atoms with Crippen molar-refractivity contribution in [2.24, 2.45) is 0 Å². The van der Waals surface area contributed by atoms with E-state index in [-0.39, 0.29) is 5.69 Å². The summed E-state index contributed by atoms with van der Waals surface area (Å²) in [4.78, 5) is 0. The van der Waals surface area contributed by atoms with E-state index in [2.05, 4.69) is 5.32 Å². The van der Waals surface area contributed by atoms with Gasteiger partial charge in [-0.05, 0) is 30.3 Å². The van der Waals surface area contributed by atoms with E-state index in [9.17, 15) is 8.78 Å². The third-order valence-electron chi connectivity index (χ3n) is 2.64. The van der Waals surface area contributed by atoms with Crippen LogP contribution in [0.1, 0.15) is 5.56 Å². The van der Waals surface area contributed by atoms with Crippen molar-refractivity contribution in [3.63, 3.8) is 0 Å². The van der Waals surface area contributed by atoms with Gasteiger partial charge in [0.2, 0.25) is 0 Å². The monoisotopic (exact) mass is 283 g/mol. The van der Waals surface area contributed by atoms with Gasteiger partial charge in [0.25, 0.3) is 0 Å². The Hall–Kier alpha value is -1.81. The normalized spacial score (nSPS) is 10.3. The molecule has 1 N–H and O–H groups in total. The first-order valence-electron chi connectivity index (χ1n) is 5.61. The molecule has 0 unspecified atom stereocenters. The Bertz CT molecular complexity index is 590. The highest BCUT2D eigenvalue weighted by atomic mass is 35.5. The Morgan fingerprint density at radius 1 is 1.16 bits per heavy atom. The van der Waals surface area contributed by atoms with Crippen molar-refractivity contribution in [3.8, 4) is 5.75 Å². The maximum absolute atomic E-state index is 13.5. The number of hydrogen-bond donors (Lipinski definition) is 1. The minimum Gasteiger partial charge on any atom is -0.496 e. The Morgan fingerprint density at radius 3 is 2.63 bits per heavy atom. The van der Waals surface area contributed by atoms with Gasteiger partial charge >= 0.3 is 0 Å². The standard InChI is InChI=1S/C14H12ClF2NO/c1-19-14-5-2-10(15)6-9(14)8-18-13-4-3-11(16)7-12(13)17/h2-7,18H,8H2,1H3. The van der Waals surface area contributed by atoms with Crippen LogP contribution in [0.15, 0.2) is 36.4 Å². The molecule has 0 amide bonds. The molecule has 0 fully saturated rings. The lowest BCUT2D eigenvalue weighted by atomic mass is 10.2. The SMILES string of the molecule is COc1ccc(Cl)cc1CNc1ccc(F)cc1F. The maximum atomic E-state index is 13.5. The van der Waals surface area contributed by atoms with Gasteiger partial charge in [0, 0.05) is 23.2 Å². The molecular formula is C14H12ClF2NO. The van der Waals surface area contributed by atoms with Crippen LogP contribution >= 0.6 is 11.6 Å². The summed E-state index contributed by atoms with van der Waals surface area (Å²) in [6.45, 7) is 0.326. The highest BCUT2D eigenvalue weighted by molar-refractivity contribution is 6.30. The Morgan fingerprint density at radius 2 is 1.95 bits per heavy atom. The van der Waals surface area contributed by atoms with E-state index < -0.39 is 11.6 Å². The second-order valence-corrected chi connectivity index (χ2v) is 4.37. The molecule has 0 aliphatic carbocycles. The lowest BCUT2D eigenvalue weighted by Gasteiger charge is -2.11. The Kier molecular flexibility index (Phi) is 4.22. The van der Waals surface area contributed by atoms with Gasteiger partial charge in [-0.25, -0.2) is 8.78 Å². The lowest BCUT2D eigenvalue weighted by Crippen LogP contribution is -2.03. The van der Waals surface area contributed by atoms with Gasteiger partial charge in [-0.15, -0.1) is 0 Å². The predicted molar refractivity (Wildman–Crippen MR) is 71.7 cm³/mol. The third-order valence-corrected chi connectivity index (χ3v) is 2.88. The van der Waals surface area contributed by atoms with E-state index in [1.165, 1.54) is 12.1 Å². The number of benzene rings is 2. The number of hydrogen-bond acceptors (Lipinski definition) is 2. The molecule has 0 saturated carbocycles. The fourth-order valence-corrected chi connectivity index (χ4v) is 1.90. The van der Waals surface area contributed by atoms with Crippen LogP contribution in [0.25, 0.3) is 0 Å². The molecule has 5 heteroatoms. The lowest BCUT2D eigenvalue weighted by molar-refractivity contribution is 0.410. The summed E-state index contributed by atoms with van der Waals surface area (Å²) in [5, 5.41) is 3.44. The quantitative estimate of drug-likeness (QED) is 0.906. The van der Waals surface area contributed by atoms with Crippen molar-refractivity contribution in [3.05, 3.63) is 58.6 Å². The summed E-state index contributed by atoms with van der Waals surface area (Å²) in [5.74, 6) is -0.594. The van der Waals surface area contributed by atoms with Crippen molar-refractivity contribution < 1.29 is 13.5 Å². The minimum absolute atomic E-state index is 0.225.